The number of methoxy groups -OCH3 is 2. The molecule has 5 aromatic rings. The molecule has 53 heavy (non-hydrogen) atoms. The molecule has 0 aliphatic carbocycles. The molecule has 11 heteroatoms. The standard InChI is InChI=1S/C42H44N4O7/c1-28(2)45(31-21-23-32(51-6)24-22-31)37(47)27-43-35-19-13-14-20-36(35)46(30-15-9-8-10-16-30)39(49)42(52-7,38(43)48)25-29-26-44(40(50)53-41(3,4)5)34-18-12-11-17-33(29)34/h8-24,26,28H,25,27H2,1-7H3. The van der Waals surface area contributed by atoms with Crippen molar-refractivity contribution in [1.29, 1.82) is 0 Å². The lowest BCUT2D eigenvalue weighted by Crippen LogP contribution is -2.60. The van der Waals surface area contributed by atoms with E-state index in [1.807, 2.05) is 32.0 Å². The summed E-state index contributed by atoms with van der Waals surface area (Å²) in [6.45, 7) is 8.71. The molecule has 1 aliphatic heterocycles. The Balaban J connectivity index is 1.52. The second kappa shape index (κ2) is 14.6. The SMILES string of the molecule is COc1ccc(N(C(=O)CN2C(=O)C(Cc3cn(C(=O)OC(C)(C)C)c4ccccc34)(OC)C(=O)N(c3ccccc3)c3ccccc32)C(C)C)cc1. The zero-order valence-corrected chi connectivity index (χ0v) is 31.0. The van der Waals surface area contributed by atoms with Crippen LogP contribution in [0, 0.1) is 0 Å². The summed E-state index contributed by atoms with van der Waals surface area (Å²) in [5.41, 5.74) is -0.0187. The molecule has 0 bridgehead atoms. The Morgan fingerprint density at radius 3 is 2.04 bits per heavy atom. The number of hydrogen-bond acceptors (Lipinski definition) is 7. The van der Waals surface area contributed by atoms with Crippen molar-refractivity contribution >= 4 is 57.5 Å². The summed E-state index contributed by atoms with van der Waals surface area (Å²) in [5, 5.41) is 0.636. The highest BCUT2D eigenvalue weighted by molar-refractivity contribution is 6.26. The van der Waals surface area contributed by atoms with Crippen molar-refractivity contribution < 1.29 is 33.4 Å². The molecule has 2 heterocycles. The Morgan fingerprint density at radius 1 is 0.792 bits per heavy atom. The number of ether oxygens (including phenoxy) is 3. The molecule has 0 fully saturated rings. The minimum atomic E-state index is -2.18. The summed E-state index contributed by atoms with van der Waals surface area (Å²) in [7, 11) is 2.89. The van der Waals surface area contributed by atoms with Gasteiger partial charge in [0.05, 0.1) is 24.0 Å². The van der Waals surface area contributed by atoms with Crippen LogP contribution in [-0.2, 0) is 30.3 Å². The third-order valence-corrected chi connectivity index (χ3v) is 9.17. The zero-order chi connectivity index (χ0) is 38.1. The van der Waals surface area contributed by atoms with E-state index < -0.39 is 35.7 Å². The van der Waals surface area contributed by atoms with Gasteiger partial charge in [-0.1, -0.05) is 48.5 Å². The van der Waals surface area contributed by atoms with Gasteiger partial charge in [-0.15, -0.1) is 0 Å². The first kappa shape index (κ1) is 36.8. The summed E-state index contributed by atoms with van der Waals surface area (Å²) in [4.78, 5) is 62.9. The van der Waals surface area contributed by atoms with Crippen LogP contribution in [0.3, 0.4) is 0 Å². The summed E-state index contributed by atoms with van der Waals surface area (Å²) >= 11 is 0. The summed E-state index contributed by atoms with van der Waals surface area (Å²) in [6.07, 6.45) is 0.721. The Bertz CT molecular complexity index is 2150. The van der Waals surface area contributed by atoms with Crippen molar-refractivity contribution in [2.45, 2.75) is 58.3 Å². The molecule has 274 valence electrons. The molecule has 1 atom stereocenters. The summed E-state index contributed by atoms with van der Waals surface area (Å²) in [6, 6.07) is 30.0. The van der Waals surface area contributed by atoms with Crippen LogP contribution in [0.5, 0.6) is 5.75 Å². The number of anilines is 4. The second-order valence-electron chi connectivity index (χ2n) is 14.1. The lowest BCUT2D eigenvalue weighted by Gasteiger charge is -2.35. The molecule has 0 spiro atoms. The Labute approximate surface area is 309 Å². The van der Waals surface area contributed by atoms with Gasteiger partial charge >= 0.3 is 6.09 Å². The Kier molecular flexibility index (Phi) is 10.1. The number of benzene rings is 4. The number of carbonyl (C=O) groups is 4. The van der Waals surface area contributed by atoms with E-state index in [-0.39, 0.29) is 18.4 Å². The van der Waals surface area contributed by atoms with E-state index in [2.05, 4.69) is 0 Å². The van der Waals surface area contributed by atoms with Gasteiger partial charge in [0.15, 0.2) is 0 Å². The normalized spacial score (nSPS) is 16.1. The molecule has 4 aromatic carbocycles. The van der Waals surface area contributed by atoms with E-state index in [4.69, 9.17) is 14.2 Å². The average molecular weight is 717 g/mol. The van der Waals surface area contributed by atoms with Gasteiger partial charge in [-0.2, -0.15) is 0 Å². The van der Waals surface area contributed by atoms with Crippen molar-refractivity contribution in [1.82, 2.24) is 4.57 Å². The van der Waals surface area contributed by atoms with Crippen molar-refractivity contribution in [3.63, 3.8) is 0 Å². The maximum atomic E-state index is 15.3. The van der Waals surface area contributed by atoms with E-state index in [0.29, 0.717) is 45.0 Å². The minimum absolute atomic E-state index is 0.258. The van der Waals surface area contributed by atoms with Crippen LogP contribution < -0.4 is 19.4 Å². The Morgan fingerprint density at radius 2 is 1.42 bits per heavy atom. The molecule has 0 saturated carbocycles. The largest absolute Gasteiger partial charge is 0.497 e. The molecule has 3 amide bonds. The molecule has 0 saturated heterocycles. The molecular weight excluding hydrogens is 672 g/mol. The number of para-hydroxylation sites is 4. The third-order valence-electron chi connectivity index (χ3n) is 9.17. The predicted octanol–water partition coefficient (Wildman–Crippen LogP) is 7.51. The highest BCUT2D eigenvalue weighted by Gasteiger charge is 2.55. The molecule has 0 N–H and O–H groups in total. The zero-order valence-electron chi connectivity index (χ0n) is 31.0. The fraction of sp³-hybridized carbons (Fsp3) is 0.286. The predicted molar refractivity (Wildman–Crippen MR) is 205 cm³/mol. The number of fused-ring (bicyclic) bond motifs is 2. The fourth-order valence-electron chi connectivity index (χ4n) is 6.78. The van der Waals surface area contributed by atoms with Gasteiger partial charge in [-0.25, -0.2) is 4.79 Å². The monoisotopic (exact) mass is 716 g/mol. The van der Waals surface area contributed by atoms with Crippen LogP contribution >= 0.6 is 0 Å². The molecule has 0 radical (unpaired) electrons. The maximum absolute atomic E-state index is 15.3. The first-order chi connectivity index (χ1) is 25.3. The number of aromatic nitrogens is 1. The lowest BCUT2D eigenvalue weighted by molar-refractivity contribution is -0.153. The van der Waals surface area contributed by atoms with Gasteiger partial charge < -0.3 is 19.1 Å². The van der Waals surface area contributed by atoms with Crippen LogP contribution in [0.1, 0.15) is 40.2 Å². The molecule has 11 nitrogen and oxygen atoms in total. The van der Waals surface area contributed by atoms with E-state index in [9.17, 15) is 9.59 Å². The minimum Gasteiger partial charge on any atom is -0.497 e. The molecular formula is C42H44N4O7. The topological polar surface area (TPSA) is 111 Å². The van der Waals surface area contributed by atoms with E-state index in [0.717, 1.165) is 0 Å². The first-order valence-electron chi connectivity index (χ1n) is 17.4. The summed E-state index contributed by atoms with van der Waals surface area (Å²) in [5.74, 6) is -1.11. The van der Waals surface area contributed by atoms with Gasteiger partial charge in [-0.05, 0) is 94.8 Å². The van der Waals surface area contributed by atoms with Crippen molar-refractivity contribution in [2.75, 3.05) is 35.5 Å². The maximum Gasteiger partial charge on any atom is 0.419 e. The van der Waals surface area contributed by atoms with E-state index in [1.165, 1.54) is 21.5 Å². The number of rotatable bonds is 9. The number of hydrogen-bond donors (Lipinski definition) is 0. The lowest BCUT2D eigenvalue weighted by atomic mass is 9.90. The highest BCUT2D eigenvalue weighted by Crippen LogP contribution is 2.43. The van der Waals surface area contributed by atoms with Crippen LogP contribution in [0.25, 0.3) is 10.9 Å². The molecule has 1 aliphatic rings. The van der Waals surface area contributed by atoms with Crippen molar-refractivity contribution in [2.24, 2.45) is 0 Å². The van der Waals surface area contributed by atoms with Gasteiger partial charge in [0, 0.05) is 42.5 Å². The van der Waals surface area contributed by atoms with Gasteiger partial charge in [0.25, 0.3) is 11.8 Å². The van der Waals surface area contributed by atoms with Gasteiger partial charge in [0.1, 0.15) is 17.9 Å². The quantitative estimate of drug-likeness (QED) is 0.145. The highest BCUT2D eigenvalue weighted by atomic mass is 16.6. The van der Waals surface area contributed by atoms with E-state index in [1.54, 1.807) is 124 Å². The smallest absolute Gasteiger partial charge is 0.419 e. The summed E-state index contributed by atoms with van der Waals surface area (Å²) < 4.78 is 18.6. The Hall–Kier alpha value is -5.94. The van der Waals surface area contributed by atoms with Crippen LogP contribution in [0.2, 0.25) is 0 Å². The number of amides is 3. The van der Waals surface area contributed by atoms with Crippen LogP contribution in [0.4, 0.5) is 27.5 Å². The number of carbonyl (C=O) groups excluding carboxylic acids is 4. The van der Waals surface area contributed by atoms with Crippen LogP contribution in [0.15, 0.2) is 109 Å². The fourth-order valence-corrected chi connectivity index (χ4v) is 6.78. The first-order valence-corrected chi connectivity index (χ1v) is 17.4. The molecule has 1 unspecified atom stereocenters. The third kappa shape index (κ3) is 7.00. The second-order valence-corrected chi connectivity index (χ2v) is 14.1. The number of nitrogens with zero attached hydrogens (tertiary/aromatic N) is 4. The van der Waals surface area contributed by atoms with Gasteiger partial charge in [-0.3, -0.25) is 28.8 Å². The van der Waals surface area contributed by atoms with Crippen LogP contribution in [-0.4, -0.2) is 66.4 Å². The van der Waals surface area contributed by atoms with Crippen molar-refractivity contribution in [3.8, 4) is 5.75 Å². The average Bonchev–Trinajstić information content (AvgIpc) is 3.48. The van der Waals surface area contributed by atoms with Gasteiger partial charge in [0.2, 0.25) is 11.5 Å². The molecule has 6 rings (SSSR count). The van der Waals surface area contributed by atoms with E-state index >= 15 is 9.59 Å². The van der Waals surface area contributed by atoms with Crippen molar-refractivity contribution in [3.05, 3.63) is 115 Å². The molecule has 1 aromatic heterocycles.